The largest absolute Gasteiger partial charge is 0.481 e. The first-order valence-electron chi connectivity index (χ1n) is 7.63. The van der Waals surface area contributed by atoms with E-state index < -0.39 is 5.97 Å². The van der Waals surface area contributed by atoms with Crippen LogP contribution in [0.2, 0.25) is 0 Å². The van der Waals surface area contributed by atoms with Crippen molar-refractivity contribution in [3.8, 4) is 0 Å². The van der Waals surface area contributed by atoms with E-state index >= 15 is 0 Å². The molecular weight excluding hydrogens is 250 g/mol. The smallest absolute Gasteiger partial charge is 0.305 e. The normalized spacial score (nSPS) is 12.2. The van der Waals surface area contributed by atoms with Crippen LogP contribution >= 0.6 is 0 Å². The van der Waals surface area contributed by atoms with E-state index in [2.05, 4.69) is 49.9 Å². The van der Waals surface area contributed by atoms with Gasteiger partial charge in [-0.05, 0) is 31.9 Å². The van der Waals surface area contributed by atoms with Gasteiger partial charge in [-0.25, -0.2) is 0 Å². The summed E-state index contributed by atoms with van der Waals surface area (Å²) in [6.45, 7) is 7.03. The molecule has 1 aromatic rings. The van der Waals surface area contributed by atoms with E-state index in [1.54, 1.807) is 0 Å². The van der Waals surface area contributed by atoms with Crippen LogP contribution in [0.5, 0.6) is 0 Å². The number of anilines is 1. The first-order valence-corrected chi connectivity index (χ1v) is 7.63. The minimum absolute atomic E-state index is 0.191. The zero-order chi connectivity index (χ0) is 15.0. The quantitative estimate of drug-likeness (QED) is 0.733. The Labute approximate surface area is 122 Å². The fourth-order valence-corrected chi connectivity index (χ4v) is 2.49. The molecule has 20 heavy (non-hydrogen) atoms. The Morgan fingerprint density at radius 1 is 1.25 bits per heavy atom. The third-order valence-corrected chi connectivity index (χ3v) is 3.74. The molecule has 0 aliphatic carbocycles. The van der Waals surface area contributed by atoms with E-state index in [1.807, 2.05) is 0 Å². The second-order valence-electron chi connectivity index (χ2n) is 5.38. The number of aliphatic carboxylic acids is 1. The number of hydrogen-bond acceptors (Lipinski definition) is 2. The highest BCUT2D eigenvalue weighted by atomic mass is 16.4. The number of nitrogens with zero attached hydrogens (tertiary/aromatic N) is 1. The summed E-state index contributed by atoms with van der Waals surface area (Å²) in [5.41, 5.74) is 2.37. The predicted octanol–water partition coefficient (Wildman–Crippen LogP) is 4.24. The number of unbranched alkanes of at least 4 members (excludes halogenated alkanes) is 1. The molecule has 0 fully saturated rings. The van der Waals surface area contributed by atoms with Crippen LogP contribution < -0.4 is 4.90 Å². The highest BCUT2D eigenvalue weighted by molar-refractivity contribution is 5.67. The summed E-state index contributed by atoms with van der Waals surface area (Å²) in [4.78, 5) is 13.2. The Morgan fingerprint density at radius 3 is 2.40 bits per heavy atom. The van der Waals surface area contributed by atoms with Gasteiger partial charge >= 0.3 is 5.97 Å². The van der Waals surface area contributed by atoms with E-state index in [4.69, 9.17) is 5.11 Å². The molecule has 1 rings (SSSR count). The number of carbonyl (C=O) groups is 1. The summed E-state index contributed by atoms with van der Waals surface area (Å²) in [7, 11) is 0. The lowest BCUT2D eigenvalue weighted by atomic mass is 10.0. The number of hydrogen-bond donors (Lipinski definition) is 1. The van der Waals surface area contributed by atoms with Gasteiger partial charge in [0.05, 0.1) is 6.42 Å². The van der Waals surface area contributed by atoms with Crippen molar-refractivity contribution in [2.24, 2.45) is 0 Å². The van der Waals surface area contributed by atoms with Gasteiger partial charge in [0.15, 0.2) is 0 Å². The molecule has 0 bridgehead atoms. The van der Waals surface area contributed by atoms with Crippen molar-refractivity contribution < 1.29 is 9.90 Å². The van der Waals surface area contributed by atoms with Gasteiger partial charge in [-0.15, -0.1) is 0 Å². The Bertz CT molecular complexity index is 400. The van der Waals surface area contributed by atoms with Crippen molar-refractivity contribution in [2.45, 2.75) is 58.9 Å². The van der Waals surface area contributed by atoms with Gasteiger partial charge in [0.1, 0.15) is 0 Å². The van der Waals surface area contributed by atoms with Gasteiger partial charge in [-0.3, -0.25) is 4.79 Å². The minimum atomic E-state index is -0.729. The lowest BCUT2D eigenvalue weighted by molar-refractivity contribution is -0.136. The molecule has 1 atom stereocenters. The van der Waals surface area contributed by atoms with Crippen LogP contribution in [0.3, 0.4) is 0 Å². The maximum Gasteiger partial charge on any atom is 0.305 e. The summed E-state index contributed by atoms with van der Waals surface area (Å²) < 4.78 is 0. The molecule has 0 spiro atoms. The van der Waals surface area contributed by atoms with Crippen LogP contribution in [0.1, 0.15) is 51.5 Å². The SMILES string of the molecule is CCCCC(CC)N(CCC(=O)O)c1ccc(C)cc1. The van der Waals surface area contributed by atoms with Crippen molar-refractivity contribution >= 4 is 11.7 Å². The number of aryl methyl sites for hydroxylation is 1. The molecule has 0 amide bonds. The van der Waals surface area contributed by atoms with E-state index in [1.165, 1.54) is 18.4 Å². The molecule has 112 valence electrons. The number of carboxylic acids is 1. The molecule has 0 aromatic heterocycles. The predicted molar refractivity (Wildman–Crippen MR) is 84.4 cm³/mol. The fraction of sp³-hybridized carbons (Fsp3) is 0.588. The highest BCUT2D eigenvalue weighted by Gasteiger charge is 2.17. The lowest BCUT2D eigenvalue weighted by Crippen LogP contribution is -2.36. The second kappa shape index (κ2) is 8.62. The number of carboxylic acid groups (broad SMARTS) is 1. The average molecular weight is 277 g/mol. The molecule has 3 nitrogen and oxygen atoms in total. The van der Waals surface area contributed by atoms with Crippen molar-refractivity contribution in [3.05, 3.63) is 29.8 Å². The van der Waals surface area contributed by atoms with E-state index in [-0.39, 0.29) is 6.42 Å². The molecule has 0 aliphatic rings. The monoisotopic (exact) mass is 277 g/mol. The fourth-order valence-electron chi connectivity index (χ4n) is 2.49. The standard InChI is InChI=1S/C17H27NO2/c1-4-6-7-15(5-2)18(13-12-17(19)20)16-10-8-14(3)9-11-16/h8-11,15H,4-7,12-13H2,1-3H3,(H,19,20). The lowest BCUT2D eigenvalue weighted by Gasteiger charge is -2.33. The van der Waals surface area contributed by atoms with E-state index in [0.717, 1.165) is 18.5 Å². The molecule has 0 heterocycles. The van der Waals surface area contributed by atoms with E-state index in [9.17, 15) is 4.79 Å². The maximum absolute atomic E-state index is 10.9. The van der Waals surface area contributed by atoms with Gasteiger partial charge in [0, 0.05) is 18.3 Å². The van der Waals surface area contributed by atoms with Crippen LogP contribution in [0.25, 0.3) is 0 Å². The van der Waals surface area contributed by atoms with Crippen LogP contribution in [-0.4, -0.2) is 23.7 Å². The second-order valence-corrected chi connectivity index (χ2v) is 5.38. The summed E-state index contributed by atoms with van der Waals surface area (Å²) >= 11 is 0. The van der Waals surface area contributed by atoms with Gasteiger partial charge in [0.25, 0.3) is 0 Å². The maximum atomic E-state index is 10.9. The summed E-state index contributed by atoms with van der Waals surface area (Å²) in [5, 5.41) is 8.96. The highest BCUT2D eigenvalue weighted by Crippen LogP contribution is 2.22. The Morgan fingerprint density at radius 2 is 1.90 bits per heavy atom. The minimum Gasteiger partial charge on any atom is -0.481 e. The molecule has 3 heteroatoms. The number of benzene rings is 1. The van der Waals surface area contributed by atoms with E-state index in [0.29, 0.717) is 12.6 Å². The molecule has 1 aromatic carbocycles. The zero-order valence-electron chi connectivity index (χ0n) is 12.9. The first kappa shape index (κ1) is 16.5. The Balaban J connectivity index is 2.87. The molecule has 1 unspecified atom stereocenters. The summed E-state index contributed by atoms with van der Waals surface area (Å²) in [6.07, 6.45) is 4.73. The van der Waals surface area contributed by atoms with Crippen molar-refractivity contribution in [3.63, 3.8) is 0 Å². The first-order chi connectivity index (χ1) is 9.58. The third-order valence-electron chi connectivity index (χ3n) is 3.74. The van der Waals surface area contributed by atoms with Crippen LogP contribution in [0.15, 0.2) is 24.3 Å². The summed E-state index contributed by atoms with van der Waals surface area (Å²) in [5.74, 6) is -0.729. The van der Waals surface area contributed by atoms with Crippen LogP contribution in [0.4, 0.5) is 5.69 Å². The molecular formula is C17H27NO2. The van der Waals surface area contributed by atoms with Gasteiger partial charge < -0.3 is 10.0 Å². The van der Waals surface area contributed by atoms with Crippen molar-refractivity contribution in [2.75, 3.05) is 11.4 Å². The Hall–Kier alpha value is -1.51. The third kappa shape index (κ3) is 5.24. The zero-order valence-corrected chi connectivity index (χ0v) is 12.9. The van der Waals surface area contributed by atoms with Gasteiger partial charge in [0.2, 0.25) is 0 Å². The molecule has 1 N–H and O–H groups in total. The molecule has 0 aliphatic heterocycles. The molecule has 0 saturated carbocycles. The van der Waals surface area contributed by atoms with Gasteiger partial charge in [-0.2, -0.15) is 0 Å². The van der Waals surface area contributed by atoms with Crippen LogP contribution in [0, 0.1) is 6.92 Å². The van der Waals surface area contributed by atoms with Crippen molar-refractivity contribution in [1.82, 2.24) is 0 Å². The van der Waals surface area contributed by atoms with Gasteiger partial charge in [-0.1, -0.05) is 44.4 Å². The Kier molecular flexibility index (Phi) is 7.13. The molecule has 0 radical (unpaired) electrons. The molecule has 0 saturated heterocycles. The number of rotatable bonds is 9. The average Bonchev–Trinajstić information content (AvgIpc) is 2.43. The van der Waals surface area contributed by atoms with Crippen molar-refractivity contribution in [1.29, 1.82) is 0 Å². The summed E-state index contributed by atoms with van der Waals surface area (Å²) in [6, 6.07) is 8.82. The topological polar surface area (TPSA) is 40.5 Å². The van der Waals surface area contributed by atoms with Crippen LogP contribution in [-0.2, 0) is 4.79 Å².